The highest BCUT2D eigenvalue weighted by Gasteiger charge is 2.24. The van der Waals surface area contributed by atoms with Gasteiger partial charge in [-0.05, 0) is 41.7 Å². The molecule has 0 radical (unpaired) electrons. The molecular formula is C14H18FN. The van der Waals surface area contributed by atoms with Crippen molar-refractivity contribution < 1.29 is 4.39 Å². The van der Waals surface area contributed by atoms with Gasteiger partial charge in [-0.2, -0.15) is 0 Å². The number of fused-ring (bicyclic) bond motifs is 1. The van der Waals surface area contributed by atoms with Crippen LogP contribution in [0.15, 0.2) is 23.2 Å². The molecule has 0 fully saturated rings. The molecule has 2 heteroatoms. The van der Waals surface area contributed by atoms with Crippen molar-refractivity contribution in [1.29, 1.82) is 0 Å². The lowest BCUT2D eigenvalue weighted by molar-refractivity contribution is 0.497. The van der Waals surface area contributed by atoms with E-state index in [0.29, 0.717) is 11.8 Å². The average molecular weight is 219 g/mol. The number of halogens is 1. The summed E-state index contributed by atoms with van der Waals surface area (Å²) in [4.78, 5) is 4.62. The van der Waals surface area contributed by atoms with E-state index in [-0.39, 0.29) is 5.82 Å². The summed E-state index contributed by atoms with van der Waals surface area (Å²) < 4.78 is 13.3. The third-order valence-electron chi connectivity index (χ3n) is 3.34. The first-order valence-corrected chi connectivity index (χ1v) is 5.96. The minimum absolute atomic E-state index is 0.137. The summed E-state index contributed by atoms with van der Waals surface area (Å²) in [5, 5.41) is 0. The van der Waals surface area contributed by atoms with Gasteiger partial charge in [-0.3, -0.25) is 4.99 Å². The van der Waals surface area contributed by atoms with E-state index in [1.54, 1.807) is 6.07 Å². The molecule has 0 saturated heterocycles. The SMILES string of the molecule is CCC1=NCC(C(C)C)c2cc(F)ccc21. The Morgan fingerprint density at radius 3 is 2.81 bits per heavy atom. The Morgan fingerprint density at radius 2 is 2.19 bits per heavy atom. The fourth-order valence-electron chi connectivity index (χ4n) is 2.37. The highest BCUT2D eigenvalue weighted by atomic mass is 19.1. The lowest BCUT2D eigenvalue weighted by atomic mass is 9.82. The van der Waals surface area contributed by atoms with Crippen molar-refractivity contribution in [2.24, 2.45) is 10.9 Å². The Bertz CT molecular complexity index is 421. The molecule has 0 N–H and O–H groups in total. The minimum Gasteiger partial charge on any atom is -0.288 e. The zero-order valence-corrected chi connectivity index (χ0v) is 10.1. The molecule has 1 nitrogen and oxygen atoms in total. The molecule has 1 aromatic carbocycles. The molecule has 0 aliphatic carbocycles. The van der Waals surface area contributed by atoms with Gasteiger partial charge in [-0.1, -0.05) is 20.8 Å². The Labute approximate surface area is 96.4 Å². The van der Waals surface area contributed by atoms with Gasteiger partial charge in [-0.25, -0.2) is 4.39 Å². The summed E-state index contributed by atoms with van der Waals surface area (Å²) in [5.41, 5.74) is 3.41. The van der Waals surface area contributed by atoms with Crippen LogP contribution in [-0.4, -0.2) is 12.3 Å². The molecule has 1 aromatic rings. The van der Waals surface area contributed by atoms with E-state index in [4.69, 9.17) is 0 Å². The van der Waals surface area contributed by atoms with Gasteiger partial charge in [0, 0.05) is 18.2 Å². The fourth-order valence-corrected chi connectivity index (χ4v) is 2.37. The molecule has 0 saturated carbocycles. The summed E-state index contributed by atoms with van der Waals surface area (Å²) >= 11 is 0. The Kier molecular flexibility index (Phi) is 3.08. The number of aliphatic imine (C=N–C) groups is 1. The fraction of sp³-hybridized carbons (Fsp3) is 0.500. The molecule has 0 amide bonds. The Hall–Kier alpha value is -1.18. The zero-order chi connectivity index (χ0) is 11.7. The number of nitrogens with zero attached hydrogens (tertiary/aromatic N) is 1. The average Bonchev–Trinajstić information content (AvgIpc) is 2.26. The predicted molar refractivity (Wildman–Crippen MR) is 65.7 cm³/mol. The van der Waals surface area contributed by atoms with Crippen LogP contribution >= 0.6 is 0 Å². The Morgan fingerprint density at radius 1 is 1.44 bits per heavy atom. The summed E-state index contributed by atoms with van der Waals surface area (Å²) in [7, 11) is 0. The number of rotatable bonds is 2. The van der Waals surface area contributed by atoms with Crippen LogP contribution in [-0.2, 0) is 0 Å². The van der Waals surface area contributed by atoms with Crippen molar-refractivity contribution in [1.82, 2.24) is 0 Å². The van der Waals surface area contributed by atoms with Gasteiger partial charge in [0.25, 0.3) is 0 Å². The molecule has 0 spiro atoms. The van der Waals surface area contributed by atoms with E-state index >= 15 is 0 Å². The van der Waals surface area contributed by atoms with E-state index in [2.05, 4.69) is 25.8 Å². The lowest BCUT2D eigenvalue weighted by Gasteiger charge is -2.27. The minimum atomic E-state index is -0.137. The normalized spacial score (nSPS) is 19.6. The maximum Gasteiger partial charge on any atom is 0.123 e. The van der Waals surface area contributed by atoms with Gasteiger partial charge in [0.2, 0.25) is 0 Å². The van der Waals surface area contributed by atoms with Gasteiger partial charge in [-0.15, -0.1) is 0 Å². The number of benzene rings is 1. The van der Waals surface area contributed by atoms with E-state index in [0.717, 1.165) is 29.8 Å². The molecule has 1 heterocycles. The largest absolute Gasteiger partial charge is 0.288 e. The maximum atomic E-state index is 13.3. The topological polar surface area (TPSA) is 12.4 Å². The van der Waals surface area contributed by atoms with E-state index in [1.807, 2.05) is 6.07 Å². The number of hydrogen-bond donors (Lipinski definition) is 0. The Balaban J connectivity index is 2.51. The predicted octanol–water partition coefficient (Wildman–Crippen LogP) is 3.78. The smallest absolute Gasteiger partial charge is 0.123 e. The van der Waals surface area contributed by atoms with Gasteiger partial charge in [0.1, 0.15) is 5.82 Å². The van der Waals surface area contributed by atoms with Crippen molar-refractivity contribution in [2.45, 2.75) is 33.1 Å². The second kappa shape index (κ2) is 4.36. The molecule has 1 aliphatic heterocycles. The van der Waals surface area contributed by atoms with Crippen molar-refractivity contribution in [3.05, 3.63) is 35.1 Å². The van der Waals surface area contributed by atoms with E-state index in [9.17, 15) is 4.39 Å². The van der Waals surface area contributed by atoms with Crippen LogP contribution in [0.2, 0.25) is 0 Å². The summed E-state index contributed by atoms with van der Waals surface area (Å²) in [6, 6.07) is 5.10. The molecule has 1 unspecified atom stereocenters. The van der Waals surface area contributed by atoms with Gasteiger partial charge < -0.3 is 0 Å². The van der Waals surface area contributed by atoms with Gasteiger partial charge in [0.15, 0.2) is 0 Å². The van der Waals surface area contributed by atoms with Crippen molar-refractivity contribution in [2.75, 3.05) is 6.54 Å². The lowest BCUT2D eigenvalue weighted by Crippen LogP contribution is -2.21. The highest BCUT2D eigenvalue weighted by Crippen LogP contribution is 2.32. The van der Waals surface area contributed by atoms with Crippen LogP contribution in [0.4, 0.5) is 4.39 Å². The van der Waals surface area contributed by atoms with Gasteiger partial charge >= 0.3 is 0 Å². The van der Waals surface area contributed by atoms with Crippen LogP contribution < -0.4 is 0 Å². The first-order valence-electron chi connectivity index (χ1n) is 5.96. The van der Waals surface area contributed by atoms with Crippen LogP contribution in [0.25, 0.3) is 0 Å². The molecule has 0 bridgehead atoms. The van der Waals surface area contributed by atoms with Crippen LogP contribution in [0.5, 0.6) is 0 Å². The molecule has 0 aromatic heterocycles. The molecule has 86 valence electrons. The molecule has 2 rings (SSSR count). The van der Waals surface area contributed by atoms with E-state index < -0.39 is 0 Å². The summed E-state index contributed by atoms with van der Waals surface area (Å²) in [6.45, 7) is 7.25. The standard InChI is InChI=1S/C14H18FN/c1-4-14-11-6-5-10(15)7-12(11)13(8-16-14)9(2)3/h5-7,9,13H,4,8H2,1-3H3. The van der Waals surface area contributed by atoms with Crippen molar-refractivity contribution in [3.8, 4) is 0 Å². The van der Waals surface area contributed by atoms with Crippen molar-refractivity contribution in [3.63, 3.8) is 0 Å². The molecule has 16 heavy (non-hydrogen) atoms. The number of hydrogen-bond acceptors (Lipinski definition) is 1. The monoisotopic (exact) mass is 219 g/mol. The van der Waals surface area contributed by atoms with Crippen molar-refractivity contribution >= 4 is 5.71 Å². The highest BCUT2D eigenvalue weighted by molar-refractivity contribution is 6.02. The van der Waals surface area contributed by atoms with Crippen LogP contribution in [0, 0.1) is 11.7 Å². The third kappa shape index (κ3) is 1.89. The maximum absolute atomic E-state index is 13.3. The third-order valence-corrected chi connectivity index (χ3v) is 3.34. The first kappa shape index (κ1) is 11.3. The van der Waals surface area contributed by atoms with Crippen LogP contribution in [0.3, 0.4) is 0 Å². The van der Waals surface area contributed by atoms with Crippen LogP contribution in [0.1, 0.15) is 44.2 Å². The first-order chi connectivity index (χ1) is 7.63. The van der Waals surface area contributed by atoms with Gasteiger partial charge in [0.05, 0.1) is 0 Å². The second-order valence-corrected chi connectivity index (χ2v) is 4.72. The molecule has 1 atom stereocenters. The van der Waals surface area contributed by atoms with E-state index in [1.165, 1.54) is 6.07 Å². The molecule has 1 aliphatic rings. The second-order valence-electron chi connectivity index (χ2n) is 4.72. The summed E-state index contributed by atoms with van der Waals surface area (Å²) in [5.74, 6) is 0.727. The zero-order valence-electron chi connectivity index (χ0n) is 10.1. The summed E-state index contributed by atoms with van der Waals surface area (Å²) in [6.07, 6.45) is 0.920. The quantitative estimate of drug-likeness (QED) is 0.717. The molecular weight excluding hydrogens is 201 g/mol.